The molecule has 1 aliphatic rings. The van der Waals surface area contributed by atoms with Gasteiger partial charge in [-0.05, 0) is 36.8 Å². The van der Waals surface area contributed by atoms with Gasteiger partial charge in [0.1, 0.15) is 0 Å². The first-order chi connectivity index (χ1) is 13.7. The summed E-state index contributed by atoms with van der Waals surface area (Å²) in [6.45, 7) is 2.68. The van der Waals surface area contributed by atoms with E-state index in [9.17, 15) is 4.79 Å². The highest BCUT2D eigenvalue weighted by Gasteiger charge is 2.22. The third-order valence-electron chi connectivity index (χ3n) is 4.21. The maximum atomic E-state index is 13.1. The minimum Gasteiger partial charge on any atom is -0.462 e. The number of carbonyl (C=O) groups is 1. The second-order valence-corrected chi connectivity index (χ2v) is 6.65. The molecule has 28 heavy (non-hydrogen) atoms. The van der Waals surface area contributed by atoms with E-state index in [1.807, 2.05) is 6.07 Å². The van der Waals surface area contributed by atoms with Crippen LogP contribution in [0.3, 0.4) is 0 Å². The van der Waals surface area contributed by atoms with E-state index in [0.29, 0.717) is 40.1 Å². The maximum absolute atomic E-state index is 13.1. The van der Waals surface area contributed by atoms with Crippen molar-refractivity contribution in [2.75, 3.05) is 13.4 Å². The van der Waals surface area contributed by atoms with Gasteiger partial charge in [0.15, 0.2) is 17.3 Å². The SMILES string of the molecule is CCCCOc1nc(-c2cccc(Cl)c2)n(C(=O)c2ccc3c(c2)OCO3)n1. The van der Waals surface area contributed by atoms with Gasteiger partial charge in [0.05, 0.1) is 6.61 Å². The number of hydrogen-bond donors (Lipinski definition) is 0. The number of benzene rings is 2. The molecule has 4 rings (SSSR count). The van der Waals surface area contributed by atoms with E-state index in [1.54, 1.807) is 36.4 Å². The Balaban J connectivity index is 1.72. The van der Waals surface area contributed by atoms with E-state index in [-0.39, 0.29) is 18.7 Å². The molecule has 1 aliphatic heterocycles. The van der Waals surface area contributed by atoms with Gasteiger partial charge < -0.3 is 14.2 Å². The van der Waals surface area contributed by atoms with Gasteiger partial charge in [-0.3, -0.25) is 4.79 Å². The second-order valence-electron chi connectivity index (χ2n) is 6.22. The molecule has 0 amide bonds. The Labute approximate surface area is 166 Å². The lowest BCUT2D eigenvalue weighted by molar-refractivity contribution is 0.0944. The van der Waals surface area contributed by atoms with E-state index in [0.717, 1.165) is 12.8 Å². The molecule has 0 radical (unpaired) electrons. The third-order valence-corrected chi connectivity index (χ3v) is 4.45. The molecule has 0 aliphatic carbocycles. The summed E-state index contributed by atoms with van der Waals surface area (Å²) < 4.78 is 17.5. The van der Waals surface area contributed by atoms with E-state index in [1.165, 1.54) is 4.68 Å². The fraction of sp³-hybridized carbons (Fsp3) is 0.250. The topological polar surface area (TPSA) is 75.5 Å². The second kappa shape index (κ2) is 7.90. The lowest BCUT2D eigenvalue weighted by Gasteiger charge is -2.06. The molecule has 0 bridgehead atoms. The molecule has 0 saturated heterocycles. The molecular weight excluding hydrogens is 382 g/mol. The van der Waals surface area contributed by atoms with E-state index in [2.05, 4.69) is 17.0 Å². The molecule has 144 valence electrons. The molecule has 7 nitrogen and oxygen atoms in total. The standard InChI is InChI=1S/C20H18ClN3O4/c1-2-3-9-26-20-22-18(13-5-4-6-15(21)10-13)24(23-20)19(25)14-7-8-16-17(11-14)28-12-27-16/h4-8,10-11H,2-3,9,12H2,1H3. The van der Waals surface area contributed by atoms with Gasteiger partial charge in [0.25, 0.3) is 5.91 Å². The Morgan fingerprint density at radius 1 is 1.21 bits per heavy atom. The minimum atomic E-state index is -0.355. The predicted molar refractivity (Wildman–Crippen MR) is 103 cm³/mol. The van der Waals surface area contributed by atoms with Crippen LogP contribution in [0.25, 0.3) is 11.4 Å². The zero-order chi connectivity index (χ0) is 19.5. The van der Waals surface area contributed by atoms with Crippen molar-refractivity contribution in [3.05, 3.63) is 53.1 Å². The van der Waals surface area contributed by atoms with Crippen LogP contribution in [-0.2, 0) is 0 Å². The number of rotatable bonds is 6. The summed E-state index contributed by atoms with van der Waals surface area (Å²) in [4.78, 5) is 17.6. The van der Waals surface area contributed by atoms with Crippen LogP contribution >= 0.6 is 11.6 Å². The number of nitrogens with zero attached hydrogens (tertiary/aromatic N) is 3. The Kier molecular flexibility index (Phi) is 5.16. The normalized spacial score (nSPS) is 12.2. The number of hydrogen-bond acceptors (Lipinski definition) is 6. The van der Waals surface area contributed by atoms with E-state index in [4.69, 9.17) is 25.8 Å². The van der Waals surface area contributed by atoms with Crippen molar-refractivity contribution in [3.63, 3.8) is 0 Å². The summed E-state index contributed by atoms with van der Waals surface area (Å²) in [5, 5.41) is 4.81. The van der Waals surface area contributed by atoms with Crippen LogP contribution < -0.4 is 14.2 Å². The Morgan fingerprint density at radius 3 is 2.89 bits per heavy atom. The molecule has 0 spiro atoms. The van der Waals surface area contributed by atoms with Gasteiger partial charge in [-0.2, -0.15) is 9.67 Å². The molecule has 2 aromatic carbocycles. The third kappa shape index (κ3) is 3.66. The van der Waals surface area contributed by atoms with Crippen LogP contribution in [-0.4, -0.2) is 34.1 Å². The van der Waals surface area contributed by atoms with Gasteiger partial charge in [-0.15, -0.1) is 5.10 Å². The van der Waals surface area contributed by atoms with Gasteiger partial charge in [0, 0.05) is 16.1 Å². The zero-order valence-electron chi connectivity index (χ0n) is 15.2. The molecule has 3 aromatic rings. The first-order valence-corrected chi connectivity index (χ1v) is 9.33. The molecule has 0 unspecified atom stereocenters. The van der Waals surface area contributed by atoms with Crippen molar-refractivity contribution in [2.24, 2.45) is 0 Å². The highest BCUT2D eigenvalue weighted by atomic mass is 35.5. The lowest BCUT2D eigenvalue weighted by atomic mass is 10.1. The van der Waals surface area contributed by atoms with Gasteiger partial charge >= 0.3 is 6.01 Å². The van der Waals surface area contributed by atoms with Crippen molar-refractivity contribution in [1.82, 2.24) is 14.8 Å². The lowest BCUT2D eigenvalue weighted by Crippen LogP contribution is -2.15. The van der Waals surface area contributed by atoms with Crippen molar-refractivity contribution in [3.8, 4) is 28.9 Å². The highest BCUT2D eigenvalue weighted by Crippen LogP contribution is 2.33. The Bertz CT molecular complexity index is 1020. The smallest absolute Gasteiger partial charge is 0.336 e. The van der Waals surface area contributed by atoms with Crippen LogP contribution in [0.4, 0.5) is 0 Å². The summed E-state index contributed by atoms with van der Waals surface area (Å²) in [7, 11) is 0. The summed E-state index contributed by atoms with van der Waals surface area (Å²) in [5.74, 6) is 1.13. The minimum absolute atomic E-state index is 0.138. The van der Waals surface area contributed by atoms with Crippen molar-refractivity contribution in [2.45, 2.75) is 19.8 Å². The molecule has 8 heteroatoms. The molecule has 0 saturated carbocycles. The number of ether oxygens (including phenoxy) is 3. The summed E-state index contributed by atoms with van der Waals surface area (Å²) >= 11 is 6.11. The largest absolute Gasteiger partial charge is 0.462 e. The first kappa shape index (κ1) is 18.3. The number of halogens is 1. The fourth-order valence-corrected chi connectivity index (χ4v) is 2.96. The molecule has 2 heterocycles. The van der Waals surface area contributed by atoms with E-state index >= 15 is 0 Å². The number of unbranched alkanes of at least 4 members (excludes halogenated alkanes) is 1. The molecular formula is C20H18ClN3O4. The molecule has 1 aromatic heterocycles. The monoisotopic (exact) mass is 399 g/mol. The quantitative estimate of drug-likeness (QED) is 0.578. The Morgan fingerprint density at radius 2 is 2.07 bits per heavy atom. The van der Waals surface area contributed by atoms with Crippen molar-refractivity contribution in [1.29, 1.82) is 0 Å². The van der Waals surface area contributed by atoms with Crippen LogP contribution in [0.1, 0.15) is 30.1 Å². The van der Waals surface area contributed by atoms with Crippen molar-refractivity contribution >= 4 is 17.5 Å². The molecule has 0 fully saturated rings. The van der Waals surface area contributed by atoms with Crippen LogP contribution in [0, 0.1) is 0 Å². The van der Waals surface area contributed by atoms with Crippen LogP contribution in [0.2, 0.25) is 5.02 Å². The van der Waals surface area contributed by atoms with Gasteiger partial charge in [-0.1, -0.05) is 37.1 Å². The number of carbonyl (C=O) groups excluding carboxylic acids is 1. The molecule has 0 atom stereocenters. The zero-order valence-corrected chi connectivity index (χ0v) is 16.0. The number of fused-ring (bicyclic) bond motifs is 1. The summed E-state index contributed by atoms with van der Waals surface area (Å²) in [6, 6.07) is 12.2. The maximum Gasteiger partial charge on any atom is 0.336 e. The Hall–Kier alpha value is -3.06. The average molecular weight is 400 g/mol. The summed E-state index contributed by atoms with van der Waals surface area (Å²) in [5.41, 5.74) is 1.07. The predicted octanol–water partition coefficient (Wildman–Crippen LogP) is 4.19. The van der Waals surface area contributed by atoms with Crippen LogP contribution in [0.15, 0.2) is 42.5 Å². The fourth-order valence-electron chi connectivity index (χ4n) is 2.77. The number of aromatic nitrogens is 3. The highest BCUT2D eigenvalue weighted by molar-refractivity contribution is 6.30. The summed E-state index contributed by atoms with van der Waals surface area (Å²) in [6.07, 6.45) is 1.86. The average Bonchev–Trinajstić information content (AvgIpc) is 3.34. The van der Waals surface area contributed by atoms with Crippen LogP contribution in [0.5, 0.6) is 17.5 Å². The molecule has 0 N–H and O–H groups in total. The van der Waals surface area contributed by atoms with Gasteiger partial charge in [0.2, 0.25) is 6.79 Å². The van der Waals surface area contributed by atoms with Gasteiger partial charge in [-0.25, -0.2) is 0 Å². The first-order valence-electron chi connectivity index (χ1n) is 8.96. The van der Waals surface area contributed by atoms with E-state index < -0.39 is 0 Å². The van der Waals surface area contributed by atoms with Crippen molar-refractivity contribution < 1.29 is 19.0 Å².